The number of ether oxygens (including phenoxy) is 1. The van der Waals surface area contributed by atoms with Gasteiger partial charge in [-0.3, -0.25) is 9.48 Å². The lowest BCUT2D eigenvalue weighted by atomic mass is 10.00. The van der Waals surface area contributed by atoms with Gasteiger partial charge in [-0.25, -0.2) is 9.07 Å². The Balaban J connectivity index is 1.49. The van der Waals surface area contributed by atoms with Crippen molar-refractivity contribution in [3.63, 3.8) is 0 Å². The molecular formula is C28H27ClFN9O3. The fourth-order valence-electron chi connectivity index (χ4n) is 4.89. The maximum atomic E-state index is 15.7. The highest BCUT2D eigenvalue weighted by Gasteiger charge is 2.34. The van der Waals surface area contributed by atoms with Crippen molar-refractivity contribution in [3.8, 4) is 33.7 Å². The van der Waals surface area contributed by atoms with Gasteiger partial charge < -0.3 is 9.94 Å². The Bertz CT molecular complexity index is 1820. The van der Waals surface area contributed by atoms with E-state index in [4.69, 9.17) is 16.3 Å². The molecule has 14 heteroatoms. The molecule has 1 atom stereocenters. The second-order valence-corrected chi connectivity index (χ2v) is 11.0. The summed E-state index contributed by atoms with van der Waals surface area (Å²) < 4.78 is 26.8. The van der Waals surface area contributed by atoms with E-state index in [0.29, 0.717) is 34.9 Å². The summed E-state index contributed by atoms with van der Waals surface area (Å²) in [5, 5.41) is 33.5. The minimum atomic E-state index is -0.736. The van der Waals surface area contributed by atoms with Crippen LogP contribution in [0.3, 0.4) is 0 Å². The van der Waals surface area contributed by atoms with Crippen molar-refractivity contribution in [2.45, 2.75) is 45.3 Å². The summed E-state index contributed by atoms with van der Waals surface area (Å²) in [6, 6.07) is 5.66. The average Bonchev–Trinajstić information content (AvgIpc) is 3.39. The van der Waals surface area contributed by atoms with E-state index < -0.39 is 11.9 Å². The van der Waals surface area contributed by atoms with E-state index in [1.165, 1.54) is 34.0 Å². The Morgan fingerprint density at radius 2 is 1.98 bits per heavy atom. The molecule has 216 valence electrons. The molecule has 12 nitrogen and oxygen atoms in total. The summed E-state index contributed by atoms with van der Waals surface area (Å²) in [7, 11) is 1.58. The quantitative estimate of drug-likeness (QED) is 0.186. The molecule has 4 aromatic heterocycles. The van der Waals surface area contributed by atoms with Crippen molar-refractivity contribution >= 4 is 11.6 Å². The smallest absolute Gasteiger partial charge is 0.267 e. The van der Waals surface area contributed by atoms with Gasteiger partial charge in [-0.15, -0.1) is 5.10 Å². The first-order valence-electron chi connectivity index (χ1n) is 13.4. The van der Waals surface area contributed by atoms with Crippen molar-refractivity contribution < 1.29 is 13.9 Å². The Labute approximate surface area is 244 Å². The Morgan fingerprint density at radius 1 is 1.19 bits per heavy atom. The molecule has 5 aromatic rings. The molecule has 4 heterocycles. The number of aryl methyl sites for hydroxylation is 1. The number of hydrogen-bond donors (Lipinski definition) is 0. The molecule has 0 bridgehead atoms. The van der Waals surface area contributed by atoms with Crippen LogP contribution < -0.4 is 15.0 Å². The predicted octanol–water partition coefficient (Wildman–Crippen LogP) is 3.89. The number of rotatable bonds is 9. The van der Waals surface area contributed by atoms with Gasteiger partial charge in [0.1, 0.15) is 18.1 Å². The van der Waals surface area contributed by atoms with Crippen molar-refractivity contribution in [2.75, 3.05) is 0 Å². The van der Waals surface area contributed by atoms with Crippen molar-refractivity contribution in [3.05, 3.63) is 87.5 Å². The fourth-order valence-corrected chi connectivity index (χ4v) is 5.05. The molecule has 1 aliphatic rings. The van der Waals surface area contributed by atoms with Crippen molar-refractivity contribution in [2.24, 2.45) is 13.0 Å². The van der Waals surface area contributed by atoms with E-state index in [9.17, 15) is 10.0 Å². The van der Waals surface area contributed by atoms with Gasteiger partial charge in [-0.05, 0) is 48.7 Å². The van der Waals surface area contributed by atoms with E-state index in [-0.39, 0.29) is 33.5 Å². The summed E-state index contributed by atoms with van der Waals surface area (Å²) in [6.07, 6.45) is 10.1. The number of nitrogens with zero attached hydrogens (tertiary/aromatic N) is 9. The second-order valence-electron chi connectivity index (χ2n) is 10.6. The van der Waals surface area contributed by atoms with Crippen LogP contribution in [0.2, 0.25) is 5.02 Å². The van der Waals surface area contributed by atoms with Crippen LogP contribution in [0.1, 0.15) is 44.8 Å². The topological polar surface area (TPSA) is 132 Å². The van der Waals surface area contributed by atoms with Crippen LogP contribution in [0, 0.1) is 16.9 Å². The highest BCUT2D eigenvalue weighted by Crippen LogP contribution is 2.42. The zero-order chi connectivity index (χ0) is 29.5. The normalized spacial score (nSPS) is 14.0. The molecule has 0 spiro atoms. The summed E-state index contributed by atoms with van der Waals surface area (Å²) in [5.41, 5.74) is 1.97. The third-order valence-corrected chi connectivity index (χ3v) is 7.45. The van der Waals surface area contributed by atoms with E-state index in [1.807, 2.05) is 13.8 Å². The van der Waals surface area contributed by atoms with Crippen LogP contribution >= 0.6 is 11.6 Å². The van der Waals surface area contributed by atoms with E-state index in [0.717, 1.165) is 17.6 Å². The van der Waals surface area contributed by atoms with Crippen LogP contribution in [-0.4, -0.2) is 45.9 Å². The van der Waals surface area contributed by atoms with Gasteiger partial charge in [-0.2, -0.15) is 19.6 Å². The Morgan fingerprint density at radius 3 is 2.67 bits per heavy atom. The zero-order valence-corrected chi connectivity index (χ0v) is 23.8. The molecule has 0 aliphatic heterocycles. The summed E-state index contributed by atoms with van der Waals surface area (Å²) >= 11 is 6.19. The third kappa shape index (κ3) is 5.34. The maximum Gasteiger partial charge on any atom is 0.267 e. The van der Waals surface area contributed by atoms with Gasteiger partial charge in [-0.1, -0.05) is 24.4 Å². The Hall–Kier alpha value is -4.65. The number of pyridine rings is 1. The SMILES string of the molecule is CC(C)Oc1cc(C(CC2CC2)n2cc(-c3cnn(C)c(=O)c3)cn2)[n+]([O-])cc1-c1c(-n2cnnn2)ccc(Cl)c1F. The minimum Gasteiger partial charge on any atom is -0.618 e. The second kappa shape index (κ2) is 11.0. The molecule has 0 N–H and O–H groups in total. The molecule has 0 saturated heterocycles. The maximum absolute atomic E-state index is 15.7. The average molecular weight is 592 g/mol. The molecule has 0 radical (unpaired) electrons. The van der Waals surface area contributed by atoms with Crippen LogP contribution in [0.15, 0.2) is 60.2 Å². The molecular weight excluding hydrogens is 565 g/mol. The molecule has 1 fully saturated rings. The monoisotopic (exact) mass is 591 g/mol. The predicted molar refractivity (Wildman–Crippen MR) is 150 cm³/mol. The van der Waals surface area contributed by atoms with Crippen LogP contribution in [0.25, 0.3) is 27.9 Å². The Kier molecular flexibility index (Phi) is 7.19. The molecule has 1 unspecified atom stereocenters. The molecule has 1 saturated carbocycles. The van der Waals surface area contributed by atoms with Gasteiger partial charge in [0.05, 0.1) is 46.4 Å². The standard InChI is InChI=1S/C28H27ClFN9O3/c1-16(2)42-25-10-24(39(41)14-20(25)27-22(38-15-31-34-35-38)7-6-21(29)28(27)30)23(8-17-4-5-17)37-13-19(12-33-37)18-9-26(40)36(3)32-11-18/h6-7,9-17,23H,4-5,8H2,1-3H3. The molecule has 42 heavy (non-hydrogen) atoms. The van der Waals surface area contributed by atoms with Crippen LogP contribution in [-0.2, 0) is 7.05 Å². The van der Waals surface area contributed by atoms with Crippen molar-refractivity contribution in [1.29, 1.82) is 0 Å². The number of benzene rings is 1. The lowest BCUT2D eigenvalue weighted by molar-refractivity contribution is -0.615. The summed E-state index contributed by atoms with van der Waals surface area (Å²) in [5.74, 6) is -0.00863. The summed E-state index contributed by atoms with van der Waals surface area (Å²) in [6.45, 7) is 3.69. The third-order valence-electron chi connectivity index (χ3n) is 7.16. The lowest BCUT2D eigenvalue weighted by Crippen LogP contribution is -2.36. The molecule has 6 rings (SSSR count). The van der Waals surface area contributed by atoms with Crippen LogP contribution in [0.4, 0.5) is 4.39 Å². The van der Waals surface area contributed by atoms with Crippen LogP contribution in [0.5, 0.6) is 5.75 Å². The van der Waals surface area contributed by atoms with Gasteiger partial charge in [0.15, 0.2) is 12.0 Å². The fraction of sp³-hybridized carbons (Fsp3) is 0.321. The van der Waals surface area contributed by atoms with Gasteiger partial charge >= 0.3 is 0 Å². The molecule has 0 amide bonds. The van der Waals surface area contributed by atoms with Crippen molar-refractivity contribution in [1.82, 2.24) is 39.8 Å². The number of halogens is 2. The van der Waals surface area contributed by atoms with E-state index in [1.54, 1.807) is 42.5 Å². The first-order chi connectivity index (χ1) is 20.2. The molecule has 1 aromatic carbocycles. The van der Waals surface area contributed by atoms with Gasteiger partial charge in [0.25, 0.3) is 5.56 Å². The summed E-state index contributed by atoms with van der Waals surface area (Å²) in [4.78, 5) is 12.2. The number of aromatic nitrogens is 9. The minimum absolute atomic E-state index is 0.0277. The van der Waals surface area contributed by atoms with Gasteiger partial charge in [0.2, 0.25) is 5.69 Å². The number of tetrazole rings is 1. The van der Waals surface area contributed by atoms with E-state index >= 15 is 4.39 Å². The van der Waals surface area contributed by atoms with E-state index in [2.05, 4.69) is 25.7 Å². The van der Waals surface area contributed by atoms with Gasteiger partial charge in [0, 0.05) is 30.4 Å². The first kappa shape index (κ1) is 27.5. The number of hydrogen-bond acceptors (Lipinski definition) is 8. The lowest BCUT2D eigenvalue weighted by Gasteiger charge is -2.21. The highest BCUT2D eigenvalue weighted by molar-refractivity contribution is 6.31. The first-order valence-corrected chi connectivity index (χ1v) is 13.8. The largest absolute Gasteiger partial charge is 0.618 e. The highest BCUT2D eigenvalue weighted by atomic mass is 35.5. The zero-order valence-electron chi connectivity index (χ0n) is 23.1. The molecule has 1 aliphatic carbocycles.